The molecule has 0 spiro atoms. The molecule has 0 aliphatic carbocycles. The Morgan fingerprint density at radius 2 is 2.43 bits per heavy atom. The average Bonchev–Trinajstić information content (AvgIpc) is 2.18. The number of aromatic nitrogens is 2. The fraction of sp³-hybridized carbons (Fsp3) is 0.500. The molecule has 0 aliphatic heterocycles. The molecule has 6 heteroatoms. The molecule has 0 saturated heterocycles. The molecule has 0 radical (unpaired) electrons. The van der Waals surface area contributed by atoms with Gasteiger partial charge in [-0.1, -0.05) is 0 Å². The van der Waals surface area contributed by atoms with Crippen LogP contribution in [0.5, 0.6) is 0 Å². The minimum atomic E-state index is -0.238. The van der Waals surface area contributed by atoms with Crippen LogP contribution in [0.1, 0.15) is 6.92 Å². The second kappa shape index (κ2) is 5.11. The second-order valence-electron chi connectivity index (χ2n) is 2.65. The van der Waals surface area contributed by atoms with Crippen molar-refractivity contribution >= 4 is 21.6 Å². The Morgan fingerprint density at radius 1 is 1.71 bits per heavy atom. The summed E-state index contributed by atoms with van der Waals surface area (Å²) in [6, 6.07) is 0. The van der Waals surface area contributed by atoms with Gasteiger partial charge in [0.05, 0.1) is 25.0 Å². The predicted octanol–water partition coefficient (Wildman–Crippen LogP) is 0.430. The number of hydrogen-bond donors (Lipinski definition) is 2. The first-order chi connectivity index (χ1) is 6.70. The largest absolute Gasteiger partial charge is 0.394 e. The van der Waals surface area contributed by atoms with E-state index in [4.69, 9.17) is 5.11 Å². The highest BCUT2D eigenvalue weighted by atomic mass is 79.9. The van der Waals surface area contributed by atoms with E-state index < -0.39 is 0 Å². The molecule has 0 amide bonds. The van der Waals surface area contributed by atoms with Crippen LogP contribution in [-0.4, -0.2) is 28.0 Å². The highest BCUT2D eigenvalue weighted by Crippen LogP contribution is 2.15. The third-order valence-corrected chi connectivity index (χ3v) is 2.43. The number of nitrogens with zero attached hydrogens (tertiary/aromatic N) is 2. The summed E-state index contributed by atoms with van der Waals surface area (Å²) in [6.45, 7) is 2.78. The molecule has 5 nitrogen and oxygen atoms in total. The standard InChI is InChI=1S/C8H12BrN3O2/c1-2-10-6-5-11-12(3-4-13)8(14)7(6)9/h5,10,13H,2-4H2,1H3. The molecule has 0 atom stereocenters. The quantitative estimate of drug-likeness (QED) is 0.825. The smallest absolute Gasteiger partial charge is 0.283 e. The molecule has 1 heterocycles. The molecule has 0 aliphatic rings. The van der Waals surface area contributed by atoms with Gasteiger partial charge in [-0.3, -0.25) is 4.79 Å². The number of halogens is 1. The van der Waals surface area contributed by atoms with Gasteiger partial charge in [-0.05, 0) is 22.9 Å². The van der Waals surface area contributed by atoms with E-state index in [0.29, 0.717) is 10.2 Å². The predicted molar refractivity (Wildman–Crippen MR) is 57.4 cm³/mol. The third-order valence-electron chi connectivity index (χ3n) is 1.66. The lowest BCUT2D eigenvalue weighted by Crippen LogP contribution is -2.25. The van der Waals surface area contributed by atoms with Gasteiger partial charge in [-0.2, -0.15) is 5.10 Å². The van der Waals surface area contributed by atoms with Gasteiger partial charge >= 0.3 is 0 Å². The van der Waals surface area contributed by atoms with Crippen LogP contribution in [-0.2, 0) is 6.54 Å². The highest BCUT2D eigenvalue weighted by molar-refractivity contribution is 9.10. The lowest BCUT2D eigenvalue weighted by Gasteiger charge is -2.07. The normalized spacial score (nSPS) is 10.2. The van der Waals surface area contributed by atoms with Crippen molar-refractivity contribution in [1.82, 2.24) is 9.78 Å². The summed E-state index contributed by atoms with van der Waals surface area (Å²) < 4.78 is 1.66. The molecule has 1 aromatic heterocycles. The SMILES string of the molecule is CCNc1cnn(CCO)c(=O)c1Br. The van der Waals surface area contributed by atoms with Crippen molar-refractivity contribution in [3.05, 3.63) is 21.0 Å². The Bertz CT molecular complexity index is 364. The summed E-state index contributed by atoms with van der Waals surface area (Å²) in [4.78, 5) is 11.6. The Morgan fingerprint density at radius 3 is 3.00 bits per heavy atom. The van der Waals surface area contributed by atoms with Gasteiger partial charge in [0.2, 0.25) is 0 Å². The third kappa shape index (κ3) is 2.33. The maximum Gasteiger partial charge on any atom is 0.283 e. The summed E-state index contributed by atoms with van der Waals surface area (Å²) in [7, 11) is 0. The van der Waals surface area contributed by atoms with Gasteiger partial charge in [0.15, 0.2) is 0 Å². The summed E-state index contributed by atoms with van der Waals surface area (Å²) in [6.07, 6.45) is 1.56. The number of rotatable bonds is 4. The van der Waals surface area contributed by atoms with E-state index in [1.165, 1.54) is 4.68 Å². The number of anilines is 1. The monoisotopic (exact) mass is 261 g/mol. The maximum atomic E-state index is 11.6. The summed E-state index contributed by atoms with van der Waals surface area (Å²) in [5.74, 6) is 0. The first kappa shape index (κ1) is 11.2. The molecule has 0 unspecified atom stereocenters. The van der Waals surface area contributed by atoms with Gasteiger partial charge in [0.1, 0.15) is 4.47 Å². The Hall–Kier alpha value is -0.880. The molecule has 2 N–H and O–H groups in total. The van der Waals surface area contributed by atoms with Crippen LogP contribution in [0.2, 0.25) is 0 Å². The van der Waals surface area contributed by atoms with Crippen molar-refractivity contribution in [2.24, 2.45) is 0 Å². The van der Waals surface area contributed by atoms with Gasteiger partial charge in [0.25, 0.3) is 5.56 Å². The molecular weight excluding hydrogens is 250 g/mol. The Kier molecular flexibility index (Phi) is 4.09. The van der Waals surface area contributed by atoms with Gasteiger partial charge in [0, 0.05) is 6.54 Å². The summed E-state index contributed by atoms with van der Waals surface area (Å²) >= 11 is 3.18. The van der Waals surface area contributed by atoms with Crippen molar-refractivity contribution in [2.75, 3.05) is 18.5 Å². The van der Waals surface area contributed by atoms with E-state index in [2.05, 4.69) is 26.3 Å². The lowest BCUT2D eigenvalue weighted by atomic mass is 10.4. The van der Waals surface area contributed by atoms with Gasteiger partial charge in [-0.25, -0.2) is 4.68 Å². The number of nitrogens with one attached hydrogen (secondary N) is 1. The fourth-order valence-electron chi connectivity index (χ4n) is 1.03. The van der Waals surface area contributed by atoms with Crippen LogP contribution >= 0.6 is 15.9 Å². The molecule has 1 rings (SSSR count). The van der Waals surface area contributed by atoms with E-state index >= 15 is 0 Å². The number of hydrogen-bond acceptors (Lipinski definition) is 4. The van der Waals surface area contributed by atoms with Crippen molar-refractivity contribution in [3.8, 4) is 0 Å². The van der Waals surface area contributed by atoms with Crippen LogP contribution in [0.4, 0.5) is 5.69 Å². The Labute approximate surface area is 89.9 Å². The van der Waals surface area contributed by atoms with E-state index in [1.807, 2.05) is 6.92 Å². The van der Waals surface area contributed by atoms with Crippen molar-refractivity contribution in [1.29, 1.82) is 0 Å². The van der Waals surface area contributed by atoms with E-state index in [-0.39, 0.29) is 18.7 Å². The molecule has 0 saturated carbocycles. The molecular formula is C8H12BrN3O2. The zero-order valence-corrected chi connectivity index (χ0v) is 9.41. The van der Waals surface area contributed by atoms with Crippen LogP contribution in [0.15, 0.2) is 15.5 Å². The molecule has 1 aromatic rings. The topological polar surface area (TPSA) is 67.2 Å². The van der Waals surface area contributed by atoms with Crippen LogP contribution in [0.3, 0.4) is 0 Å². The second-order valence-corrected chi connectivity index (χ2v) is 3.45. The molecule has 78 valence electrons. The molecule has 14 heavy (non-hydrogen) atoms. The van der Waals surface area contributed by atoms with Crippen LogP contribution in [0.25, 0.3) is 0 Å². The van der Waals surface area contributed by atoms with E-state index in [1.54, 1.807) is 6.20 Å². The van der Waals surface area contributed by atoms with Gasteiger partial charge in [-0.15, -0.1) is 0 Å². The number of aliphatic hydroxyl groups excluding tert-OH is 1. The van der Waals surface area contributed by atoms with Crippen molar-refractivity contribution in [2.45, 2.75) is 13.5 Å². The first-order valence-electron chi connectivity index (χ1n) is 4.31. The fourth-order valence-corrected chi connectivity index (χ4v) is 1.48. The minimum absolute atomic E-state index is 0.0973. The van der Waals surface area contributed by atoms with E-state index in [0.717, 1.165) is 6.54 Å². The average molecular weight is 262 g/mol. The summed E-state index contributed by atoms with van der Waals surface area (Å²) in [5, 5.41) is 15.6. The van der Waals surface area contributed by atoms with Crippen molar-refractivity contribution < 1.29 is 5.11 Å². The lowest BCUT2D eigenvalue weighted by molar-refractivity contribution is 0.266. The Balaban J connectivity index is 3.06. The zero-order chi connectivity index (χ0) is 10.6. The van der Waals surface area contributed by atoms with Crippen LogP contribution < -0.4 is 10.9 Å². The molecule has 0 bridgehead atoms. The molecule has 0 fully saturated rings. The van der Waals surface area contributed by atoms with E-state index in [9.17, 15) is 4.79 Å². The summed E-state index contributed by atoms with van der Waals surface area (Å²) in [5.41, 5.74) is 0.434. The van der Waals surface area contributed by atoms with Gasteiger partial charge < -0.3 is 10.4 Å². The minimum Gasteiger partial charge on any atom is -0.394 e. The maximum absolute atomic E-state index is 11.6. The van der Waals surface area contributed by atoms with Crippen molar-refractivity contribution in [3.63, 3.8) is 0 Å². The first-order valence-corrected chi connectivity index (χ1v) is 5.10. The number of aliphatic hydroxyl groups is 1. The zero-order valence-electron chi connectivity index (χ0n) is 7.83. The highest BCUT2D eigenvalue weighted by Gasteiger charge is 2.06. The molecule has 0 aromatic carbocycles. The van der Waals surface area contributed by atoms with Crippen LogP contribution in [0, 0.1) is 0 Å².